The lowest BCUT2D eigenvalue weighted by molar-refractivity contribution is -0.139. The molecule has 3 aromatic rings. The summed E-state index contributed by atoms with van der Waals surface area (Å²) in [5, 5.41) is 8.74. The number of hydrogen-bond donors (Lipinski definition) is 1. The van der Waals surface area contributed by atoms with E-state index in [0.29, 0.717) is 5.75 Å². The van der Waals surface area contributed by atoms with E-state index >= 15 is 0 Å². The van der Waals surface area contributed by atoms with Gasteiger partial charge in [-0.3, -0.25) is 0 Å². The summed E-state index contributed by atoms with van der Waals surface area (Å²) in [4.78, 5) is 11.7. The average molecular weight is 534 g/mol. The Labute approximate surface area is 191 Å². The zero-order valence-corrected chi connectivity index (χ0v) is 19.3. The number of aliphatic carboxylic acids is 1. The molecule has 0 spiro atoms. The second kappa shape index (κ2) is 10.7. The number of thioether (sulfide) groups is 1. The molecule has 0 saturated heterocycles. The van der Waals surface area contributed by atoms with Crippen LogP contribution in [0.4, 0.5) is 0 Å². The molecule has 0 bridgehead atoms. The van der Waals surface area contributed by atoms with Crippen LogP contribution >= 0.6 is 43.6 Å². The highest BCUT2D eigenvalue weighted by Crippen LogP contribution is 2.32. The van der Waals surface area contributed by atoms with Crippen molar-refractivity contribution >= 4 is 55.2 Å². The van der Waals surface area contributed by atoms with Gasteiger partial charge in [0.2, 0.25) is 0 Å². The standard InChI is InChI=1S/C23H18Br2O3S/c24-18-8-4-7-17(13-18)20(16-5-2-1-3-6-16)11-12-29-19-9-10-22(21(25)14-19)28-15-23(26)27/h1-11,13-14H,12,15H2,(H,26,27)/b20-11+. The van der Waals surface area contributed by atoms with Crippen LogP contribution in [0.3, 0.4) is 0 Å². The third-order valence-electron chi connectivity index (χ3n) is 4.01. The first-order valence-electron chi connectivity index (χ1n) is 8.81. The summed E-state index contributed by atoms with van der Waals surface area (Å²) in [6.45, 7) is -0.360. The number of hydrogen-bond acceptors (Lipinski definition) is 3. The van der Waals surface area contributed by atoms with Gasteiger partial charge in [-0.2, -0.15) is 0 Å². The maximum atomic E-state index is 10.7. The quantitative estimate of drug-likeness (QED) is 0.320. The molecular weight excluding hydrogens is 516 g/mol. The summed E-state index contributed by atoms with van der Waals surface area (Å²) < 4.78 is 7.04. The Morgan fingerprint density at radius 1 is 0.966 bits per heavy atom. The molecular formula is C23H18Br2O3S. The van der Waals surface area contributed by atoms with Crippen molar-refractivity contribution in [1.82, 2.24) is 0 Å². The van der Waals surface area contributed by atoms with Crippen molar-refractivity contribution in [3.63, 3.8) is 0 Å². The van der Waals surface area contributed by atoms with Crippen LogP contribution < -0.4 is 4.74 Å². The first-order valence-corrected chi connectivity index (χ1v) is 11.4. The van der Waals surface area contributed by atoms with E-state index in [9.17, 15) is 4.79 Å². The largest absolute Gasteiger partial charge is 0.481 e. The molecule has 0 aromatic heterocycles. The third-order valence-corrected chi connectivity index (χ3v) is 6.05. The molecule has 0 heterocycles. The minimum Gasteiger partial charge on any atom is -0.481 e. The van der Waals surface area contributed by atoms with Gasteiger partial charge >= 0.3 is 5.97 Å². The molecule has 0 atom stereocenters. The van der Waals surface area contributed by atoms with E-state index in [-0.39, 0.29) is 6.61 Å². The van der Waals surface area contributed by atoms with Crippen LogP contribution in [0, 0.1) is 0 Å². The number of carbonyl (C=O) groups is 1. The van der Waals surface area contributed by atoms with Gasteiger partial charge in [-0.05, 0) is 63.0 Å². The van der Waals surface area contributed by atoms with Gasteiger partial charge in [0.15, 0.2) is 6.61 Å². The molecule has 6 heteroatoms. The molecule has 0 radical (unpaired) electrons. The zero-order chi connectivity index (χ0) is 20.6. The average Bonchev–Trinajstić information content (AvgIpc) is 2.71. The van der Waals surface area contributed by atoms with Gasteiger partial charge in [-0.25, -0.2) is 4.79 Å². The molecule has 0 unspecified atom stereocenters. The van der Waals surface area contributed by atoms with Crippen molar-refractivity contribution in [1.29, 1.82) is 0 Å². The lowest BCUT2D eigenvalue weighted by Gasteiger charge is -2.10. The number of carboxylic acids is 1. The highest BCUT2D eigenvalue weighted by atomic mass is 79.9. The molecule has 148 valence electrons. The SMILES string of the molecule is O=C(O)COc1ccc(SC/C=C(\c2ccccc2)c2cccc(Br)c2)cc1Br. The Kier molecular flexibility index (Phi) is 7.98. The normalized spacial score (nSPS) is 11.3. The Morgan fingerprint density at radius 3 is 2.41 bits per heavy atom. The van der Waals surface area contributed by atoms with Gasteiger partial charge in [0.05, 0.1) is 4.47 Å². The van der Waals surface area contributed by atoms with E-state index in [1.807, 2.05) is 42.5 Å². The van der Waals surface area contributed by atoms with Crippen LogP contribution in [0.1, 0.15) is 11.1 Å². The number of rotatable bonds is 8. The first-order chi connectivity index (χ1) is 14.0. The maximum Gasteiger partial charge on any atom is 0.341 e. The van der Waals surface area contributed by atoms with Crippen LogP contribution in [0.2, 0.25) is 0 Å². The summed E-state index contributed by atoms with van der Waals surface area (Å²) in [6.07, 6.45) is 2.23. The molecule has 0 saturated carbocycles. The Hall–Kier alpha value is -2.02. The molecule has 0 aliphatic heterocycles. The lowest BCUT2D eigenvalue weighted by atomic mass is 9.98. The molecule has 0 aliphatic carbocycles. The third kappa shape index (κ3) is 6.49. The second-order valence-electron chi connectivity index (χ2n) is 6.08. The highest BCUT2D eigenvalue weighted by molar-refractivity contribution is 9.10. The van der Waals surface area contributed by atoms with E-state index in [1.165, 1.54) is 11.1 Å². The smallest absolute Gasteiger partial charge is 0.341 e. The zero-order valence-electron chi connectivity index (χ0n) is 15.3. The summed E-state index contributed by atoms with van der Waals surface area (Å²) in [7, 11) is 0. The number of benzene rings is 3. The molecule has 3 rings (SSSR count). The van der Waals surface area contributed by atoms with Crippen LogP contribution in [-0.2, 0) is 4.79 Å². The van der Waals surface area contributed by atoms with Gasteiger partial charge in [0.25, 0.3) is 0 Å². The van der Waals surface area contributed by atoms with E-state index in [2.05, 4.69) is 62.2 Å². The van der Waals surface area contributed by atoms with E-state index in [4.69, 9.17) is 9.84 Å². The fraction of sp³-hybridized carbons (Fsp3) is 0.0870. The van der Waals surface area contributed by atoms with E-state index < -0.39 is 5.97 Å². The number of halogens is 2. The summed E-state index contributed by atoms with van der Waals surface area (Å²) >= 11 is 8.71. The predicted molar refractivity (Wildman–Crippen MR) is 126 cm³/mol. The Morgan fingerprint density at radius 2 is 1.72 bits per heavy atom. The van der Waals surface area contributed by atoms with Crippen molar-refractivity contribution in [3.05, 3.63) is 98.9 Å². The van der Waals surface area contributed by atoms with Crippen molar-refractivity contribution < 1.29 is 14.6 Å². The van der Waals surface area contributed by atoms with Crippen LogP contribution in [0.5, 0.6) is 5.75 Å². The maximum absolute atomic E-state index is 10.7. The van der Waals surface area contributed by atoms with E-state index in [1.54, 1.807) is 17.8 Å². The van der Waals surface area contributed by atoms with Crippen molar-refractivity contribution in [2.45, 2.75) is 4.90 Å². The van der Waals surface area contributed by atoms with Gasteiger partial charge in [-0.15, -0.1) is 11.8 Å². The fourth-order valence-corrected chi connectivity index (χ4v) is 4.58. The van der Waals surface area contributed by atoms with Crippen LogP contribution in [-0.4, -0.2) is 23.4 Å². The van der Waals surface area contributed by atoms with E-state index in [0.717, 1.165) is 25.2 Å². The molecule has 0 aliphatic rings. The minimum absolute atomic E-state index is 0.360. The fourth-order valence-electron chi connectivity index (χ4n) is 2.73. The Bertz CT molecular complexity index is 1020. The minimum atomic E-state index is -0.999. The van der Waals surface area contributed by atoms with Crippen molar-refractivity contribution in [2.24, 2.45) is 0 Å². The van der Waals surface area contributed by atoms with Gasteiger partial charge in [-0.1, -0.05) is 64.5 Å². The lowest BCUT2D eigenvalue weighted by Crippen LogP contribution is -2.09. The van der Waals surface area contributed by atoms with Gasteiger partial charge in [0.1, 0.15) is 5.75 Å². The molecule has 1 N–H and O–H groups in total. The highest BCUT2D eigenvalue weighted by Gasteiger charge is 2.07. The predicted octanol–water partition coefficient (Wildman–Crippen LogP) is 6.90. The number of ether oxygens (including phenoxy) is 1. The van der Waals surface area contributed by atoms with Crippen LogP contribution in [0.25, 0.3) is 5.57 Å². The van der Waals surface area contributed by atoms with Crippen molar-refractivity contribution in [3.8, 4) is 5.75 Å². The van der Waals surface area contributed by atoms with Crippen molar-refractivity contribution in [2.75, 3.05) is 12.4 Å². The molecule has 0 amide bonds. The topological polar surface area (TPSA) is 46.5 Å². The van der Waals surface area contributed by atoms with Crippen LogP contribution in [0.15, 0.2) is 92.7 Å². The first kappa shape index (κ1) is 21.7. The molecule has 0 fully saturated rings. The Balaban J connectivity index is 1.76. The second-order valence-corrected chi connectivity index (χ2v) is 8.94. The summed E-state index contributed by atoms with van der Waals surface area (Å²) in [5.41, 5.74) is 3.51. The molecule has 29 heavy (non-hydrogen) atoms. The molecule has 3 aromatic carbocycles. The van der Waals surface area contributed by atoms with Gasteiger partial charge < -0.3 is 9.84 Å². The summed E-state index contributed by atoms with van der Waals surface area (Å²) in [6, 6.07) is 24.3. The molecule has 3 nitrogen and oxygen atoms in total. The summed E-state index contributed by atoms with van der Waals surface area (Å²) in [5.74, 6) is 0.311. The monoisotopic (exact) mass is 532 g/mol. The van der Waals surface area contributed by atoms with Gasteiger partial charge in [0, 0.05) is 15.1 Å². The number of carboxylic acid groups (broad SMARTS) is 1.